The van der Waals surface area contributed by atoms with E-state index >= 15 is 0 Å². The molecule has 1 aromatic rings. The fraction of sp³-hybridized carbons (Fsp3) is 0.562. The van der Waals surface area contributed by atoms with Crippen LogP contribution in [0.1, 0.15) is 12.5 Å². The van der Waals surface area contributed by atoms with Crippen LogP contribution in [0, 0.1) is 0 Å². The fourth-order valence-electron chi connectivity index (χ4n) is 1.92. The number of hydrogen-bond donors (Lipinski definition) is 2. The molecule has 0 spiro atoms. The normalized spacial score (nSPS) is 13.3. The van der Waals surface area contributed by atoms with Gasteiger partial charge in [0.15, 0.2) is 5.96 Å². The summed E-state index contributed by atoms with van der Waals surface area (Å²) >= 11 is 0. The summed E-state index contributed by atoms with van der Waals surface area (Å²) in [6.07, 6.45) is 0. The van der Waals surface area contributed by atoms with Gasteiger partial charge in [-0.3, -0.25) is 9.89 Å². The second kappa shape index (κ2) is 10.2. The van der Waals surface area contributed by atoms with Crippen LogP contribution < -0.4 is 10.6 Å². The Kier molecular flexibility index (Phi) is 8.47. The highest BCUT2D eigenvalue weighted by Gasteiger charge is 2.10. The number of ether oxygens (including phenoxy) is 1. The topological polar surface area (TPSA) is 48.9 Å². The van der Waals surface area contributed by atoms with E-state index in [0.29, 0.717) is 12.6 Å². The number of rotatable bonds is 8. The maximum Gasteiger partial charge on any atom is 0.191 e. The van der Waals surface area contributed by atoms with E-state index in [-0.39, 0.29) is 0 Å². The third-order valence-electron chi connectivity index (χ3n) is 3.41. The summed E-state index contributed by atoms with van der Waals surface area (Å²) in [6, 6.07) is 10.9. The Morgan fingerprint density at radius 3 is 2.62 bits per heavy atom. The Bertz CT molecular complexity index is 408. The lowest BCUT2D eigenvalue weighted by atomic mass is 10.2. The van der Waals surface area contributed by atoms with Crippen molar-refractivity contribution >= 4 is 5.96 Å². The largest absolute Gasteiger partial charge is 0.383 e. The van der Waals surface area contributed by atoms with E-state index in [2.05, 4.69) is 58.8 Å². The van der Waals surface area contributed by atoms with Crippen molar-refractivity contribution in [2.45, 2.75) is 19.5 Å². The Labute approximate surface area is 128 Å². The monoisotopic (exact) mass is 292 g/mol. The van der Waals surface area contributed by atoms with Crippen molar-refractivity contribution in [2.75, 3.05) is 40.9 Å². The molecule has 0 aromatic heterocycles. The molecule has 1 aromatic carbocycles. The van der Waals surface area contributed by atoms with E-state index in [1.807, 2.05) is 6.07 Å². The molecule has 21 heavy (non-hydrogen) atoms. The number of nitrogens with one attached hydrogen (secondary N) is 2. The first kappa shape index (κ1) is 17.5. The van der Waals surface area contributed by atoms with E-state index in [1.54, 1.807) is 14.2 Å². The molecule has 0 radical (unpaired) electrons. The lowest BCUT2D eigenvalue weighted by molar-refractivity contribution is 0.203. The van der Waals surface area contributed by atoms with Gasteiger partial charge in [0.25, 0.3) is 0 Å². The summed E-state index contributed by atoms with van der Waals surface area (Å²) < 4.78 is 5.01. The molecule has 0 aliphatic rings. The van der Waals surface area contributed by atoms with E-state index in [1.165, 1.54) is 5.56 Å². The maximum absolute atomic E-state index is 5.01. The van der Waals surface area contributed by atoms with E-state index in [9.17, 15) is 0 Å². The van der Waals surface area contributed by atoms with Crippen molar-refractivity contribution in [3.8, 4) is 0 Å². The quantitative estimate of drug-likeness (QED) is 0.431. The van der Waals surface area contributed by atoms with E-state index < -0.39 is 0 Å². The van der Waals surface area contributed by atoms with Crippen molar-refractivity contribution in [1.29, 1.82) is 0 Å². The van der Waals surface area contributed by atoms with Crippen molar-refractivity contribution in [3.05, 3.63) is 35.9 Å². The maximum atomic E-state index is 5.01. The molecule has 1 rings (SSSR count). The van der Waals surface area contributed by atoms with Gasteiger partial charge in [0.05, 0.1) is 6.61 Å². The highest BCUT2D eigenvalue weighted by molar-refractivity contribution is 5.79. The van der Waals surface area contributed by atoms with E-state index in [0.717, 1.165) is 25.6 Å². The molecule has 2 N–H and O–H groups in total. The highest BCUT2D eigenvalue weighted by atomic mass is 16.5. The molecule has 5 nitrogen and oxygen atoms in total. The van der Waals surface area contributed by atoms with Gasteiger partial charge < -0.3 is 15.4 Å². The van der Waals surface area contributed by atoms with Gasteiger partial charge in [-0.15, -0.1) is 0 Å². The molecule has 5 heteroatoms. The highest BCUT2D eigenvalue weighted by Crippen LogP contribution is 2.05. The average Bonchev–Trinajstić information content (AvgIpc) is 2.51. The molecular weight excluding hydrogens is 264 g/mol. The molecule has 0 bridgehead atoms. The number of likely N-dealkylation sites (N-methyl/N-ethyl adjacent to an activating group) is 1. The smallest absolute Gasteiger partial charge is 0.191 e. The summed E-state index contributed by atoms with van der Waals surface area (Å²) in [4.78, 5) is 6.52. The van der Waals surface area contributed by atoms with Crippen LogP contribution in [-0.2, 0) is 11.3 Å². The number of guanidine groups is 1. The minimum Gasteiger partial charge on any atom is -0.383 e. The van der Waals surface area contributed by atoms with Crippen LogP contribution in [0.4, 0.5) is 0 Å². The van der Waals surface area contributed by atoms with Crippen LogP contribution >= 0.6 is 0 Å². The zero-order valence-corrected chi connectivity index (χ0v) is 13.6. The molecule has 0 amide bonds. The van der Waals surface area contributed by atoms with Crippen molar-refractivity contribution in [1.82, 2.24) is 15.5 Å². The Morgan fingerprint density at radius 2 is 2.00 bits per heavy atom. The van der Waals surface area contributed by atoms with Gasteiger partial charge in [0.2, 0.25) is 0 Å². The molecule has 0 fully saturated rings. The predicted octanol–water partition coefficient (Wildman–Crippen LogP) is 1.32. The first-order valence-corrected chi connectivity index (χ1v) is 7.35. The predicted molar refractivity (Wildman–Crippen MR) is 88.6 cm³/mol. The van der Waals surface area contributed by atoms with Crippen LogP contribution in [0.25, 0.3) is 0 Å². The Hall–Kier alpha value is -1.59. The summed E-state index contributed by atoms with van der Waals surface area (Å²) in [5.74, 6) is 0.812. The second-order valence-corrected chi connectivity index (χ2v) is 5.12. The molecule has 0 aliphatic carbocycles. The van der Waals surface area contributed by atoms with Crippen molar-refractivity contribution < 1.29 is 4.74 Å². The van der Waals surface area contributed by atoms with Crippen molar-refractivity contribution in [3.63, 3.8) is 0 Å². The zero-order valence-electron chi connectivity index (χ0n) is 13.6. The van der Waals surface area contributed by atoms with Crippen LogP contribution in [0.2, 0.25) is 0 Å². The molecule has 1 unspecified atom stereocenters. The summed E-state index contributed by atoms with van der Waals surface area (Å²) in [5, 5.41) is 6.55. The van der Waals surface area contributed by atoms with Crippen LogP contribution in [-0.4, -0.2) is 57.8 Å². The van der Waals surface area contributed by atoms with Crippen LogP contribution in [0.5, 0.6) is 0 Å². The van der Waals surface area contributed by atoms with Gasteiger partial charge in [0, 0.05) is 39.8 Å². The lowest BCUT2D eigenvalue weighted by Gasteiger charge is -2.25. The number of benzene rings is 1. The second-order valence-electron chi connectivity index (χ2n) is 5.12. The number of methoxy groups -OCH3 is 1. The first-order valence-electron chi connectivity index (χ1n) is 7.35. The minimum atomic E-state index is 0.409. The SMILES string of the molecule is CN=C(NCCOC)NCC(C)N(C)Cc1ccccc1. The van der Waals surface area contributed by atoms with Crippen molar-refractivity contribution in [2.24, 2.45) is 4.99 Å². The Morgan fingerprint density at radius 1 is 1.29 bits per heavy atom. The number of aliphatic imine (C=N–C) groups is 1. The standard InChI is InChI=1S/C16H28N4O/c1-14(12-19-16(17-2)18-10-11-21-4)20(3)13-15-8-6-5-7-9-15/h5-9,14H,10-13H2,1-4H3,(H2,17,18,19). The zero-order chi connectivity index (χ0) is 15.5. The average molecular weight is 292 g/mol. The van der Waals surface area contributed by atoms with Gasteiger partial charge in [0.1, 0.15) is 0 Å². The first-order chi connectivity index (χ1) is 10.2. The van der Waals surface area contributed by atoms with Gasteiger partial charge in [-0.2, -0.15) is 0 Å². The molecule has 0 aliphatic heterocycles. The number of nitrogens with zero attached hydrogens (tertiary/aromatic N) is 2. The summed E-state index contributed by atoms with van der Waals surface area (Å²) in [5.41, 5.74) is 1.33. The molecule has 0 saturated carbocycles. The lowest BCUT2D eigenvalue weighted by Crippen LogP contribution is -2.45. The van der Waals surface area contributed by atoms with Gasteiger partial charge >= 0.3 is 0 Å². The Balaban J connectivity index is 2.33. The van der Waals surface area contributed by atoms with Gasteiger partial charge in [-0.1, -0.05) is 30.3 Å². The van der Waals surface area contributed by atoms with Crippen LogP contribution in [0.3, 0.4) is 0 Å². The van der Waals surface area contributed by atoms with Gasteiger partial charge in [-0.25, -0.2) is 0 Å². The minimum absolute atomic E-state index is 0.409. The molecule has 0 heterocycles. The van der Waals surface area contributed by atoms with E-state index in [4.69, 9.17) is 4.74 Å². The molecule has 1 atom stereocenters. The van der Waals surface area contributed by atoms with Crippen LogP contribution in [0.15, 0.2) is 35.3 Å². The molecular formula is C16H28N4O. The third kappa shape index (κ3) is 7.11. The fourth-order valence-corrected chi connectivity index (χ4v) is 1.92. The third-order valence-corrected chi connectivity index (χ3v) is 3.41. The summed E-state index contributed by atoms with van der Waals surface area (Å²) in [7, 11) is 5.61. The van der Waals surface area contributed by atoms with Gasteiger partial charge in [-0.05, 0) is 19.5 Å². The number of hydrogen-bond acceptors (Lipinski definition) is 3. The molecule has 118 valence electrons. The summed E-state index contributed by atoms with van der Waals surface area (Å²) in [6.45, 7) is 5.42. The molecule has 0 saturated heterocycles.